The minimum atomic E-state index is -3.62. The number of unbranched alkanes of at least 4 members (excludes halogenated alkanes) is 15. The number of aromatic nitrogens is 3. The summed E-state index contributed by atoms with van der Waals surface area (Å²) in [5, 5.41) is 6.53. The Morgan fingerprint density at radius 2 is 1.36 bits per heavy atom. The average molecular weight is 807 g/mol. The SMILES string of the molecule is CCCCCCCCN(CCCCCCCC)c1ccc(NS(=O)(=O)CCCCCCCC)c(C2=NC(n3nc(C)cc3C)=N/C2=C\c2ncc(N(C)C)s2)c1. The molecule has 4 rings (SSSR count). The van der Waals surface area contributed by atoms with Gasteiger partial charge in [-0.25, -0.2) is 28.1 Å². The molecule has 1 aliphatic rings. The van der Waals surface area contributed by atoms with E-state index in [1.807, 2.05) is 57.2 Å². The van der Waals surface area contributed by atoms with Gasteiger partial charge in [0.05, 0.1) is 29.0 Å². The standard InChI is InChI=1S/C44H70N8O2S2/c1-8-11-14-17-20-23-28-51(29-24-21-18-15-12-9-2)37-26-27-39(49-56(53,54)30-25-22-19-16-13-10-3)38(32-37)43-40(33-41-45-34-42(55-41)50(6)7)46-44(47-43)52-36(5)31-35(4)48-52/h26-27,31-34,49H,8-25,28-30H2,1-7H3/b40-33-. The lowest BCUT2D eigenvalue weighted by Crippen LogP contribution is -2.26. The van der Waals surface area contributed by atoms with Crippen LogP contribution in [0.5, 0.6) is 0 Å². The van der Waals surface area contributed by atoms with E-state index in [0.29, 0.717) is 35.0 Å². The molecule has 0 fully saturated rings. The van der Waals surface area contributed by atoms with Gasteiger partial charge in [0.2, 0.25) is 10.0 Å². The van der Waals surface area contributed by atoms with Crippen LogP contribution in [-0.4, -0.2) is 67.8 Å². The van der Waals surface area contributed by atoms with E-state index < -0.39 is 10.0 Å². The van der Waals surface area contributed by atoms with E-state index in [4.69, 9.17) is 20.1 Å². The molecule has 1 N–H and O–H groups in total. The number of benzene rings is 1. The molecule has 56 heavy (non-hydrogen) atoms. The molecule has 10 nitrogen and oxygen atoms in total. The van der Waals surface area contributed by atoms with Crippen molar-refractivity contribution in [1.29, 1.82) is 0 Å². The van der Waals surface area contributed by atoms with Crippen molar-refractivity contribution in [1.82, 2.24) is 14.8 Å². The van der Waals surface area contributed by atoms with Crippen molar-refractivity contribution in [3.8, 4) is 0 Å². The molecule has 0 saturated heterocycles. The molecule has 1 aromatic carbocycles. The maximum atomic E-state index is 13.7. The Morgan fingerprint density at radius 1 is 0.768 bits per heavy atom. The third-order valence-corrected chi connectivity index (χ3v) is 12.8. The van der Waals surface area contributed by atoms with Crippen LogP contribution in [0.2, 0.25) is 0 Å². The lowest BCUT2D eigenvalue weighted by atomic mass is 10.0. The minimum Gasteiger partial charge on any atom is -0.372 e. The predicted octanol–water partition coefficient (Wildman–Crippen LogP) is 11.4. The lowest BCUT2D eigenvalue weighted by Gasteiger charge is -2.26. The van der Waals surface area contributed by atoms with Gasteiger partial charge in [0.1, 0.15) is 15.7 Å². The summed E-state index contributed by atoms with van der Waals surface area (Å²) in [6, 6.07) is 8.17. The molecule has 2 aromatic heterocycles. The Bertz CT molecular complexity index is 1820. The maximum absolute atomic E-state index is 13.7. The number of nitrogens with one attached hydrogen (secondary N) is 1. The molecule has 0 saturated carbocycles. The number of rotatable bonds is 27. The van der Waals surface area contributed by atoms with Gasteiger partial charge >= 0.3 is 0 Å². The fourth-order valence-corrected chi connectivity index (χ4v) is 9.06. The number of hydrogen-bond donors (Lipinski definition) is 1. The average Bonchev–Trinajstić information content (AvgIpc) is 3.90. The molecule has 3 heterocycles. The van der Waals surface area contributed by atoms with Gasteiger partial charge < -0.3 is 9.80 Å². The summed E-state index contributed by atoms with van der Waals surface area (Å²) in [5.74, 6) is 0.529. The number of hydrogen-bond acceptors (Lipinski definition) is 9. The second kappa shape index (κ2) is 23.7. The first kappa shape index (κ1) is 45.2. The van der Waals surface area contributed by atoms with E-state index in [2.05, 4.69) is 42.5 Å². The summed E-state index contributed by atoms with van der Waals surface area (Å²) >= 11 is 1.57. The normalized spacial score (nSPS) is 13.7. The summed E-state index contributed by atoms with van der Waals surface area (Å²) in [5.41, 5.74) is 5.33. The molecular weight excluding hydrogens is 737 g/mol. The van der Waals surface area contributed by atoms with Crippen molar-refractivity contribution >= 4 is 55.5 Å². The zero-order chi connectivity index (χ0) is 40.3. The van der Waals surface area contributed by atoms with Crippen LogP contribution in [0.3, 0.4) is 0 Å². The molecule has 0 unspecified atom stereocenters. The molecule has 0 radical (unpaired) electrons. The quantitative estimate of drug-likeness (QED) is 0.0769. The van der Waals surface area contributed by atoms with Gasteiger partial charge in [0, 0.05) is 50.2 Å². The first-order chi connectivity index (χ1) is 27.0. The maximum Gasteiger partial charge on any atom is 0.252 e. The second-order valence-electron chi connectivity index (χ2n) is 15.6. The summed E-state index contributed by atoms with van der Waals surface area (Å²) < 4.78 is 32.2. The Kier molecular flexibility index (Phi) is 19.1. The molecule has 12 heteroatoms. The summed E-state index contributed by atoms with van der Waals surface area (Å²) in [6.07, 6.45) is 24.7. The highest BCUT2D eigenvalue weighted by Gasteiger charge is 2.26. The van der Waals surface area contributed by atoms with Crippen LogP contribution in [0.15, 0.2) is 46.1 Å². The highest BCUT2D eigenvalue weighted by atomic mass is 32.2. The number of thiazole rings is 1. The molecule has 0 amide bonds. The van der Waals surface area contributed by atoms with Crippen molar-refractivity contribution in [2.24, 2.45) is 9.98 Å². The molecule has 0 spiro atoms. The largest absolute Gasteiger partial charge is 0.372 e. The van der Waals surface area contributed by atoms with Crippen molar-refractivity contribution in [2.45, 2.75) is 150 Å². The zero-order valence-corrected chi connectivity index (χ0v) is 37.2. The van der Waals surface area contributed by atoms with Crippen LogP contribution in [0.4, 0.5) is 16.4 Å². The Balaban J connectivity index is 1.76. The highest BCUT2D eigenvalue weighted by Crippen LogP contribution is 2.33. The van der Waals surface area contributed by atoms with Crippen LogP contribution in [0.1, 0.15) is 158 Å². The Morgan fingerprint density at radius 3 is 1.91 bits per heavy atom. The summed E-state index contributed by atoms with van der Waals surface area (Å²) in [6.45, 7) is 12.6. The van der Waals surface area contributed by atoms with Crippen LogP contribution in [0, 0.1) is 13.8 Å². The molecule has 0 atom stereocenters. The summed E-state index contributed by atoms with van der Waals surface area (Å²) in [4.78, 5) is 19.4. The third-order valence-electron chi connectivity index (χ3n) is 10.3. The van der Waals surface area contributed by atoms with E-state index >= 15 is 0 Å². The Hall–Kier alpha value is -3.51. The van der Waals surface area contributed by atoms with E-state index in [1.54, 1.807) is 16.0 Å². The van der Waals surface area contributed by atoms with E-state index in [0.717, 1.165) is 72.3 Å². The van der Waals surface area contributed by atoms with Crippen LogP contribution < -0.4 is 14.5 Å². The topological polar surface area (TPSA) is 108 Å². The number of nitrogens with zero attached hydrogens (tertiary/aromatic N) is 7. The van der Waals surface area contributed by atoms with Gasteiger partial charge in [-0.3, -0.25) is 4.72 Å². The first-order valence-corrected chi connectivity index (χ1v) is 24.0. The summed E-state index contributed by atoms with van der Waals surface area (Å²) in [7, 11) is 0.383. The van der Waals surface area contributed by atoms with Crippen molar-refractivity contribution < 1.29 is 8.42 Å². The van der Waals surface area contributed by atoms with Crippen LogP contribution >= 0.6 is 11.3 Å². The second-order valence-corrected chi connectivity index (χ2v) is 18.5. The number of anilines is 3. The van der Waals surface area contributed by atoms with Crippen molar-refractivity contribution in [2.75, 3.05) is 47.5 Å². The highest BCUT2D eigenvalue weighted by molar-refractivity contribution is 7.92. The van der Waals surface area contributed by atoms with E-state index in [9.17, 15) is 8.42 Å². The number of allylic oxidation sites excluding steroid dienone is 1. The fraction of sp³-hybridized carbons (Fsp3) is 0.636. The monoisotopic (exact) mass is 807 g/mol. The van der Waals surface area contributed by atoms with Gasteiger partial charge in [0.25, 0.3) is 5.96 Å². The smallest absolute Gasteiger partial charge is 0.252 e. The third kappa shape index (κ3) is 14.5. The van der Waals surface area contributed by atoms with E-state index in [1.165, 1.54) is 77.0 Å². The Labute approximate surface area is 343 Å². The van der Waals surface area contributed by atoms with Gasteiger partial charge in [-0.05, 0) is 57.4 Å². The number of aryl methyl sites for hydroxylation is 2. The van der Waals surface area contributed by atoms with Crippen molar-refractivity contribution in [3.05, 3.63) is 58.1 Å². The molecule has 3 aromatic rings. The van der Waals surface area contributed by atoms with Gasteiger partial charge in [-0.2, -0.15) is 5.10 Å². The molecule has 0 bridgehead atoms. The first-order valence-electron chi connectivity index (χ1n) is 21.5. The van der Waals surface area contributed by atoms with Gasteiger partial charge in [0.15, 0.2) is 0 Å². The molecular formula is C44H70N8O2S2. The van der Waals surface area contributed by atoms with Crippen LogP contribution in [-0.2, 0) is 10.0 Å². The van der Waals surface area contributed by atoms with E-state index in [-0.39, 0.29) is 5.75 Å². The minimum absolute atomic E-state index is 0.0810. The number of aliphatic imine (C=N–C) groups is 2. The molecule has 0 aliphatic carbocycles. The fourth-order valence-electron chi connectivity index (χ4n) is 7.08. The van der Waals surface area contributed by atoms with Gasteiger partial charge in [-0.1, -0.05) is 128 Å². The number of sulfonamides is 1. The molecule has 310 valence electrons. The molecule has 1 aliphatic heterocycles. The lowest BCUT2D eigenvalue weighted by molar-refractivity contribution is 0.575. The van der Waals surface area contributed by atoms with Gasteiger partial charge in [-0.15, -0.1) is 0 Å². The van der Waals surface area contributed by atoms with Crippen LogP contribution in [0.25, 0.3) is 6.08 Å². The predicted molar refractivity (Wildman–Crippen MR) is 242 cm³/mol. The van der Waals surface area contributed by atoms with Crippen molar-refractivity contribution in [3.63, 3.8) is 0 Å². The zero-order valence-electron chi connectivity index (χ0n) is 35.6.